The van der Waals surface area contributed by atoms with Crippen molar-refractivity contribution in [3.05, 3.63) is 71.7 Å². The van der Waals surface area contributed by atoms with Crippen LogP contribution in [0.25, 0.3) is 10.9 Å². The van der Waals surface area contributed by atoms with E-state index in [4.69, 9.17) is 5.73 Å². The van der Waals surface area contributed by atoms with Gasteiger partial charge in [-0.15, -0.1) is 0 Å². The summed E-state index contributed by atoms with van der Waals surface area (Å²) in [7, 11) is 0. The van der Waals surface area contributed by atoms with Gasteiger partial charge < -0.3 is 5.73 Å². The van der Waals surface area contributed by atoms with Crippen molar-refractivity contribution in [2.75, 3.05) is 5.73 Å². The van der Waals surface area contributed by atoms with Crippen molar-refractivity contribution < 1.29 is 18.0 Å². The van der Waals surface area contributed by atoms with Crippen LogP contribution in [0, 0.1) is 17.5 Å². The number of hydrogen-bond acceptors (Lipinski definition) is 3. The quantitative estimate of drug-likeness (QED) is 0.423. The number of halogens is 3. The van der Waals surface area contributed by atoms with Crippen molar-refractivity contribution in [3.8, 4) is 0 Å². The van der Waals surface area contributed by atoms with Crippen molar-refractivity contribution in [1.29, 1.82) is 0 Å². The average molecular weight is 304 g/mol. The number of aldehydes is 1. The number of aromatic nitrogens is 1. The Hall–Kier alpha value is -2.89. The molecule has 2 aromatic carbocycles. The van der Waals surface area contributed by atoms with Crippen LogP contribution in [-0.4, -0.2) is 11.3 Å². The average Bonchev–Trinajstić information content (AvgIpc) is 2.53. The second-order valence-corrected chi connectivity index (χ2v) is 4.31. The Labute approximate surface area is 124 Å². The smallest absolute Gasteiger partial charge is 0.194 e. The summed E-state index contributed by atoms with van der Waals surface area (Å²) in [6.45, 7) is 0. The molecule has 1 heterocycles. The number of fused-ring (bicyclic) bond motifs is 1. The summed E-state index contributed by atoms with van der Waals surface area (Å²) in [6.07, 6.45) is 0.714. The van der Waals surface area contributed by atoms with Crippen LogP contribution in [0.2, 0.25) is 0 Å². The topological polar surface area (TPSA) is 56.0 Å². The lowest BCUT2D eigenvalue weighted by Crippen LogP contribution is -1.92. The third kappa shape index (κ3) is 3.41. The predicted molar refractivity (Wildman–Crippen MR) is 77.9 cm³/mol. The molecule has 0 amide bonds. The van der Waals surface area contributed by atoms with Gasteiger partial charge in [0.05, 0.1) is 11.2 Å². The Balaban J connectivity index is 0.000000172. The van der Waals surface area contributed by atoms with Gasteiger partial charge in [-0.25, -0.2) is 18.2 Å². The molecule has 6 heteroatoms. The van der Waals surface area contributed by atoms with Gasteiger partial charge in [-0.1, -0.05) is 24.3 Å². The zero-order valence-electron chi connectivity index (χ0n) is 11.3. The van der Waals surface area contributed by atoms with Crippen LogP contribution in [0.5, 0.6) is 0 Å². The molecular formula is C16H11F3N2O. The summed E-state index contributed by atoms with van der Waals surface area (Å²) in [5.41, 5.74) is 7.39. The predicted octanol–water partition coefficient (Wildman–Crippen LogP) is 3.73. The van der Waals surface area contributed by atoms with Gasteiger partial charge in [0.25, 0.3) is 0 Å². The van der Waals surface area contributed by atoms with E-state index < -0.39 is 17.5 Å². The number of nitrogen functional groups attached to an aromatic ring is 1. The van der Waals surface area contributed by atoms with Gasteiger partial charge in [-0.2, -0.15) is 0 Å². The largest absolute Gasteiger partial charge is 0.397 e. The van der Waals surface area contributed by atoms with E-state index in [2.05, 4.69) is 4.98 Å². The zero-order chi connectivity index (χ0) is 16.1. The van der Waals surface area contributed by atoms with E-state index in [9.17, 15) is 18.0 Å². The van der Waals surface area contributed by atoms with Crippen LogP contribution in [0.3, 0.4) is 0 Å². The Morgan fingerprint density at radius 2 is 1.55 bits per heavy atom. The Kier molecular flexibility index (Phi) is 4.73. The van der Waals surface area contributed by atoms with Crippen molar-refractivity contribution in [2.45, 2.75) is 0 Å². The zero-order valence-corrected chi connectivity index (χ0v) is 11.3. The number of hydrogen-bond donors (Lipinski definition) is 1. The molecule has 3 aromatic rings. The van der Waals surface area contributed by atoms with E-state index in [0.29, 0.717) is 23.2 Å². The molecule has 0 aliphatic heterocycles. The highest BCUT2D eigenvalue weighted by molar-refractivity contribution is 5.91. The second kappa shape index (κ2) is 6.71. The van der Waals surface area contributed by atoms with Crippen molar-refractivity contribution in [3.63, 3.8) is 0 Å². The Morgan fingerprint density at radius 1 is 0.909 bits per heavy atom. The number of carbonyl (C=O) groups excluding carboxylic acids is 1. The number of rotatable bonds is 1. The maximum Gasteiger partial charge on any atom is 0.194 e. The first-order chi connectivity index (χ1) is 10.5. The van der Waals surface area contributed by atoms with Crippen molar-refractivity contribution in [2.24, 2.45) is 0 Å². The number of pyridine rings is 1. The fraction of sp³-hybridized carbons (Fsp3) is 0. The molecule has 2 N–H and O–H groups in total. The number of nitrogens with zero attached hydrogens (tertiary/aromatic N) is 1. The van der Waals surface area contributed by atoms with Crippen LogP contribution in [0.4, 0.5) is 18.9 Å². The summed E-state index contributed by atoms with van der Waals surface area (Å²) < 4.78 is 35.9. The molecule has 0 fully saturated rings. The van der Waals surface area contributed by atoms with Crippen LogP contribution < -0.4 is 5.73 Å². The van der Waals surface area contributed by atoms with Gasteiger partial charge in [0.1, 0.15) is 5.69 Å². The van der Waals surface area contributed by atoms with Crippen LogP contribution >= 0.6 is 0 Å². The standard InChI is InChI=1S/C10H8N2O.C6H3F3/c11-9-3-1-2-7-4-5-8(6-13)12-10(7)9;7-4-2-1-3-5(8)6(4)9/h1-6H,11H2;1-3H. The molecule has 0 bridgehead atoms. The minimum absolute atomic E-state index is 0.408. The molecule has 0 aliphatic carbocycles. The lowest BCUT2D eigenvalue weighted by molar-refractivity contribution is 0.111. The highest BCUT2D eigenvalue weighted by Gasteiger charge is 2.04. The highest BCUT2D eigenvalue weighted by Crippen LogP contribution is 2.18. The number of carbonyl (C=O) groups is 1. The first-order valence-corrected chi connectivity index (χ1v) is 6.23. The van der Waals surface area contributed by atoms with E-state index >= 15 is 0 Å². The molecule has 0 unspecified atom stereocenters. The van der Waals surface area contributed by atoms with Crippen LogP contribution in [0.1, 0.15) is 10.5 Å². The third-order valence-electron chi connectivity index (χ3n) is 2.80. The fourth-order valence-electron chi connectivity index (χ4n) is 1.73. The molecule has 0 saturated carbocycles. The molecule has 0 atom stereocenters. The summed E-state index contributed by atoms with van der Waals surface area (Å²) in [6, 6.07) is 11.9. The van der Waals surface area contributed by atoms with Gasteiger partial charge in [-0.3, -0.25) is 4.79 Å². The molecule has 0 spiro atoms. The van der Waals surface area contributed by atoms with Crippen molar-refractivity contribution >= 4 is 22.9 Å². The number of anilines is 1. The summed E-state index contributed by atoms with van der Waals surface area (Å²) in [4.78, 5) is 14.6. The van der Waals surface area contributed by atoms with E-state index in [1.165, 1.54) is 0 Å². The summed E-state index contributed by atoms with van der Waals surface area (Å²) in [5, 5.41) is 0.950. The van der Waals surface area contributed by atoms with Crippen molar-refractivity contribution in [1.82, 2.24) is 4.98 Å². The minimum atomic E-state index is -1.42. The first kappa shape index (κ1) is 15.5. The molecule has 22 heavy (non-hydrogen) atoms. The second-order valence-electron chi connectivity index (χ2n) is 4.31. The number of nitrogens with two attached hydrogens (primary N) is 1. The van der Waals surface area contributed by atoms with E-state index in [0.717, 1.165) is 23.6 Å². The van der Waals surface area contributed by atoms with Crippen LogP contribution in [0.15, 0.2) is 48.5 Å². The molecule has 0 aliphatic rings. The maximum absolute atomic E-state index is 12.0. The van der Waals surface area contributed by atoms with Gasteiger partial charge in [0.2, 0.25) is 0 Å². The molecule has 1 aromatic heterocycles. The van der Waals surface area contributed by atoms with Gasteiger partial charge in [-0.05, 0) is 24.3 Å². The minimum Gasteiger partial charge on any atom is -0.397 e. The van der Waals surface area contributed by atoms with E-state index in [1.807, 2.05) is 18.2 Å². The number of benzene rings is 2. The molecule has 0 saturated heterocycles. The van der Waals surface area contributed by atoms with E-state index in [1.54, 1.807) is 12.1 Å². The number of para-hydroxylation sites is 1. The molecule has 0 radical (unpaired) electrons. The monoisotopic (exact) mass is 304 g/mol. The van der Waals surface area contributed by atoms with Gasteiger partial charge >= 0.3 is 0 Å². The molecule has 3 nitrogen and oxygen atoms in total. The lowest BCUT2D eigenvalue weighted by Gasteiger charge is -2.00. The maximum atomic E-state index is 12.0. The summed E-state index contributed by atoms with van der Waals surface area (Å²) in [5.74, 6) is -3.73. The fourth-order valence-corrected chi connectivity index (χ4v) is 1.73. The summed E-state index contributed by atoms with van der Waals surface area (Å²) >= 11 is 0. The van der Waals surface area contributed by atoms with Crippen LogP contribution in [-0.2, 0) is 0 Å². The molecule has 3 rings (SSSR count). The third-order valence-corrected chi connectivity index (χ3v) is 2.80. The SMILES string of the molecule is Fc1cccc(F)c1F.Nc1cccc2ccc(C=O)nc12. The molecule has 112 valence electrons. The highest BCUT2D eigenvalue weighted by atomic mass is 19.2. The normalized spacial score (nSPS) is 9.95. The Bertz CT molecular complexity index is 801. The van der Waals surface area contributed by atoms with E-state index in [-0.39, 0.29) is 0 Å². The first-order valence-electron chi connectivity index (χ1n) is 6.23. The lowest BCUT2D eigenvalue weighted by atomic mass is 10.2. The van der Waals surface area contributed by atoms with Gasteiger partial charge in [0.15, 0.2) is 23.7 Å². The van der Waals surface area contributed by atoms with Gasteiger partial charge in [0, 0.05) is 5.39 Å². The Morgan fingerprint density at radius 3 is 2.14 bits per heavy atom. The molecular weight excluding hydrogens is 293 g/mol.